The minimum absolute atomic E-state index is 0.376. The van der Waals surface area contributed by atoms with E-state index in [-0.39, 0.29) is 0 Å². The second kappa shape index (κ2) is 12.5. The van der Waals surface area contributed by atoms with E-state index < -0.39 is 0 Å². The normalized spacial score (nSPS) is 12.3. The summed E-state index contributed by atoms with van der Waals surface area (Å²) >= 11 is 0. The largest absolute Gasteiger partial charge is 0.383 e. The van der Waals surface area contributed by atoms with Crippen LogP contribution in [0.5, 0.6) is 0 Å². The Labute approximate surface area is 295 Å². The van der Waals surface area contributed by atoms with Crippen LogP contribution in [0.4, 0.5) is 0 Å². The predicted octanol–water partition coefficient (Wildman–Crippen LogP) is 11.3. The van der Waals surface area contributed by atoms with Gasteiger partial charge in [0.15, 0.2) is 5.84 Å². The zero-order valence-corrected chi connectivity index (χ0v) is 27.8. The molecule has 0 radical (unpaired) electrons. The number of hydrogen-bond donors (Lipinski definition) is 1. The molecule has 8 aromatic carbocycles. The molecule has 0 aliphatic rings. The molecule has 0 saturated heterocycles. The van der Waals surface area contributed by atoms with Gasteiger partial charge in [0.25, 0.3) is 0 Å². The number of rotatable bonds is 5. The van der Waals surface area contributed by atoms with Gasteiger partial charge < -0.3 is 5.73 Å². The summed E-state index contributed by atoms with van der Waals surface area (Å²) in [5, 5.41) is 11.2. The van der Waals surface area contributed by atoms with E-state index in [1.54, 1.807) is 0 Å². The van der Waals surface area contributed by atoms with Gasteiger partial charge in [0.2, 0.25) is 0 Å². The molecule has 0 aliphatic heterocycles. The van der Waals surface area contributed by atoms with Crippen molar-refractivity contribution in [3.05, 3.63) is 193 Å². The van der Waals surface area contributed by atoms with E-state index in [1.807, 2.05) is 60.8 Å². The first-order valence-electron chi connectivity index (χ1n) is 17.0. The highest BCUT2D eigenvalue weighted by molar-refractivity contribution is 6.27. The number of pyridine rings is 1. The number of fused-ring (bicyclic) bond motifs is 6. The highest BCUT2D eigenvalue weighted by Gasteiger charge is 2.19. The Kier molecular flexibility index (Phi) is 7.41. The average Bonchev–Trinajstić information content (AvgIpc) is 3.19. The molecule has 2 N–H and O–H groups in total. The first-order valence-corrected chi connectivity index (χ1v) is 17.0. The highest BCUT2D eigenvalue weighted by atomic mass is 15.0. The molecule has 0 amide bonds. The molecular formula is C47H32N4. The van der Waals surface area contributed by atoms with Crippen LogP contribution in [0.1, 0.15) is 16.7 Å². The molecule has 4 heteroatoms. The molecule has 0 atom stereocenters. The van der Waals surface area contributed by atoms with Crippen molar-refractivity contribution in [3.63, 3.8) is 0 Å². The van der Waals surface area contributed by atoms with Crippen LogP contribution in [0.15, 0.2) is 187 Å². The second-order valence-corrected chi connectivity index (χ2v) is 12.7. The molecule has 9 rings (SSSR count). The third-order valence-electron chi connectivity index (χ3n) is 9.66. The fraction of sp³-hybridized carbons (Fsp3) is 0. The smallest absolute Gasteiger partial charge is 0.162 e. The third kappa shape index (κ3) is 5.31. The highest BCUT2D eigenvalue weighted by Crippen LogP contribution is 2.39. The van der Waals surface area contributed by atoms with Crippen molar-refractivity contribution in [2.75, 3.05) is 0 Å². The van der Waals surface area contributed by atoms with Gasteiger partial charge >= 0.3 is 0 Å². The molecule has 4 nitrogen and oxygen atoms in total. The van der Waals surface area contributed by atoms with E-state index in [4.69, 9.17) is 20.7 Å². The lowest BCUT2D eigenvalue weighted by atomic mass is 9.89. The van der Waals surface area contributed by atoms with Crippen LogP contribution in [0, 0.1) is 0 Å². The standard InChI is InChI=1S/C47H32N4/c1-30(35-22-13-23-36-37(35)26-25-34-28-32-16-5-6-17-33(32)29-42(34)36)50-47(31-14-3-2-4-15-31)51-46(48)45-40-20-9-7-18-38(40)44(43-24-11-12-27-49-43)39-19-8-10-21-41(39)45/h2-29H,1H2,(H2,48,50,51). The number of benzene rings is 8. The van der Waals surface area contributed by atoms with Gasteiger partial charge in [-0.05, 0) is 78.1 Å². The van der Waals surface area contributed by atoms with Crippen molar-refractivity contribution >= 4 is 71.2 Å². The monoisotopic (exact) mass is 652 g/mol. The summed E-state index contributed by atoms with van der Waals surface area (Å²) in [6.45, 7) is 4.49. The van der Waals surface area contributed by atoms with Gasteiger partial charge in [-0.3, -0.25) is 4.98 Å². The summed E-state index contributed by atoms with van der Waals surface area (Å²) in [6.07, 6.45) is 1.83. The van der Waals surface area contributed by atoms with Gasteiger partial charge in [-0.15, -0.1) is 0 Å². The van der Waals surface area contributed by atoms with Crippen molar-refractivity contribution in [2.24, 2.45) is 15.7 Å². The van der Waals surface area contributed by atoms with E-state index in [0.717, 1.165) is 60.3 Å². The molecule has 0 fully saturated rings. The SMILES string of the molecule is C=C(/N=C(\N=C(/N)c1c2ccccc2c(-c2ccccn2)c2ccccc12)c1ccccc1)c1cccc2c1ccc1cc3ccccc3cc12. The fourth-order valence-corrected chi connectivity index (χ4v) is 7.32. The molecule has 1 aromatic heterocycles. The molecule has 0 unspecified atom stereocenters. The summed E-state index contributed by atoms with van der Waals surface area (Å²) in [6, 6.07) is 56.3. The molecule has 0 saturated carbocycles. The maximum absolute atomic E-state index is 7.09. The van der Waals surface area contributed by atoms with Crippen LogP contribution in [0.3, 0.4) is 0 Å². The summed E-state index contributed by atoms with van der Waals surface area (Å²) in [7, 11) is 0. The van der Waals surface area contributed by atoms with Crippen molar-refractivity contribution in [1.29, 1.82) is 0 Å². The van der Waals surface area contributed by atoms with Crippen molar-refractivity contribution < 1.29 is 0 Å². The van der Waals surface area contributed by atoms with Crippen LogP contribution in [0.25, 0.3) is 70.8 Å². The van der Waals surface area contributed by atoms with Crippen molar-refractivity contribution in [2.45, 2.75) is 0 Å². The van der Waals surface area contributed by atoms with Gasteiger partial charge in [0.05, 0.1) is 11.4 Å². The Morgan fingerprint density at radius 3 is 1.82 bits per heavy atom. The Bertz CT molecular complexity index is 2810. The molecule has 9 aromatic rings. The Hall–Kier alpha value is -6.91. The first-order chi connectivity index (χ1) is 25.1. The molecule has 240 valence electrons. The van der Waals surface area contributed by atoms with Crippen molar-refractivity contribution in [3.8, 4) is 11.3 Å². The van der Waals surface area contributed by atoms with Gasteiger partial charge in [0.1, 0.15) is 5.84 Å². The Balaban J connectivity index is 1.23. The lowest BCUT2D eigenvalue weighted by Gasteiger charge is -2.17. The fourth-order valence-electron chi connectivity index (χ4n) is 7.32. The molecule has 0 bridgehead atoms. The van der Waals surface area contributed by atoms with Crippen LogP contribution in [-0.2, 0) is 0 Å². The van der Waals surface area contributed by atoms with Crippen LogP contribution in [0.2, 0.25) is 0 Å². The van der Waals surface area contributed by atoms with E-state index in [1.165, 1.54) is 21.5 Å². The van der Waals surface area contributed by atoms with E-state index in [0.29, 0.717) is 17.4 Å². The van der Waals surface area contributed by atoms with E-state index in [9.17, 15) is 0 Å². The van der Waals surface area contributed by atoms with Gasteiger partial charge in [0, 0.05) is 28.5 Å². The lowest BCUT2D eigenvalue weighted by molar-refractivity contribution is 1.34. The van der Waals surface area contributed by atoms with Gasteiger partial charge in [-0.2, -0.15) is 0 Å². The molecule has 0 aliphatic carbocycles. The van der Waals surface area contributed by atoms with Crippen LogP contribution >= 0.6 is 0 Å². The van der Waals surface area contributed by atoms with E-state index in [2.05, 4.69) is 116 Å². The number of amidine groups is 2. The van der Waals surface area contributed by atoms with Crippen LogP contribution in [-0.4, -0.2) is 16.7 Å². The topological polar surface area (TPSA) is 63.6 Å². The molecule has 0 spiro atoms. The first kappa shape index (κ1) is 30.2. The molecular weight excluding hydrogens is 621 g/mol. The van der Waals surface area contributed by atoms with Crippen molar-refractivity contribution in [1.82, 2.24) is 4.98 Å². The number of aliphatic imine (C=N–C) groups is 2. The summed E-state index contributed by atoms with van der Waals surface area (Å²) in [4.78, 5) is 15.0. The zero-order chi connectivity index (χ0) is 34.3. The predicted molar refractivity (Wildman–Crippen MR) is 216 cm³/mol. The summed E-state index contributed by atoms with van der Waals surface area (Å²) in [5.41, 5.74) is 12.3. The van der Waals surface area contributed by atoms with Gasteiger partial charge in [-0.1, -0.05) is 146 Å². The number of hydrogen-bond acceptors (Lipinski definition) is 2. The average molecular weight is 653 g/mol. The Morgan fingerprint density at radius 2 is 1.12 bits per heavy atom. The van der Waals surface area contributed by atoms with E-state index >= 15 is 0 Å². The van der Waals surface area contributed by atoms with Gasteiger partial charge in [-0.25, -0.2) is 9.98 Å². The zero-order valence-electron chi connectivity index (χ0n) is 27.8. The molecule has 1 heterocycles. The quantitative estimate of drug-likeness (QED) is 0.0870. The maximum atomic E-state index is 7.09. The molecule has 51 heavy (non-hydrogen) atoms. The lowest BCUT2D eigenvalue weighted by Crippen LogP contribution is -2.18. The minimum Gasteiger partial charge on any atom is -0.383 e. The minimum atomic E-state index is 0.376. The maximum Gasteiger partial charge on any atom is 0.162 e. The third-order valence-corrected chi connectivity index (χ3v) is 9.66. The summed E-state index contributed by atoms with van der Waals surface area (Å²) in [5.74, 6) is 0.866. The Morgan fingerprint density at radius 1 is 0.490 bits per heavy atom. The number of nitrogens with zero attached hydrogens (tertiary/aromatic N) is 3. The summed E-state index contributed by atoms with van der Waals surface area (Å²) < 4.78 is 0. The second-order valence-electron chi connectivity index (χ2n) is 12.7. The number of aromatic nitrogens is 1. The number of nitrogens with two attached hydrogens (primary N) is 1. The van der Waals surface area contributed by atoms with Crippen LogP contribution < -0.4 is 5.73 Å².